The van der Waals surface area contributed by atoms with Gasteiger partial charge in [0, 0.05) is 18.1 Å². The van der Waals surface area contributed by atoms with Crippen LogP contribution in [0.5, 0.6) is 0 Å². The SMILES string of the molecule is O=C(CSc1nc2c(cnn2-c2ccc(Cl)cc2)c(=O)[nH]1)N1CCCCC1. The van der Waals surface area contributed by atoms with Crippen LogP contribution in [0.4, 0.5) is 0 Å². The second kappa shape index (κ2) is 7.74. The van der Waals surface area contributed by atoms with Gasteiger partial charge in [0.2, 0.25) is 5.91 Å². The molecular weight excluding hydrogens is 386 g/mol. The number of piperidine rings is 1. The number of amides is 1. The number of halogens is 1. The molecule has 1 N–H and O–H groups in total. The molecule has 1 amide bonds. The highest BCUT2D eigenvalue weighted by Crippen LogP contribution is 2.20. The summed E-state index contributed by atoms with van der Waals surface area (Å²) < 4.78 is 1.59. The van der Waals surface area contributed by atoms with Crippen LogP contribution in [-0.2, 0) is 4.79 Å². The Morgan fingerprint density at radius 3 is 2.67 bits per heavy atom. The summed E-state index contributed by atoms with van der Waals surface area (Å²) in [6, 6.07) is 7.13. The average molecular weight is 404 g/mol. The number of hydrogen-bond acceptors (Lipinski definition) is 5. The van der Waals surface area contributed by atoms with Gasteiger partial charge in [0.1, 0.15) is 5.39 Å². The lowest BCUT2D eigenvalue weighted by atomic mass is 10.1. The zero-order chi connectivity index (χ0) is 18.8. The molecule has 1 saturated heterocycles. The first-order valence-corrected chi connectivity index (χ1v) is 10.1. The minimum atomic E-state index is -0.270. The molecule has 0 atom stereocenters. The number of hydrogen-bond donors (Lipinski definition) is 1. The Morgan fingerprint density at radius 2 is 1.93 bits per heavy atom. The van der Waals surface area contributed by atoms with Gasteiger partial charge >= 0.3 is 0 Å². The molecule has 7 nitrogen and oxygen atoms in total. The number of carbonyl (C=O) groups excluding carboxylic acids is 1. The van der Waals surface area contributed by atoms with E-state index in [1.165, 1.54) is 24.4 Å². The lowest BCUT2D eigenvalue weighted by Gasteiger charge is -2.26. The minimum absolute atomic E-state index is 0.0775. The molecule has 1 aromatic carbocycles. The number of nitrogens with one attached hydrogen (secondary N) is 1. The molecule has 1 aliphatic rings. The van der Waals surface area contributed by atoms with Gasteiger partial charge in [-0.1, -0.05) is 23.4 Å². The maximum Gasteiger partial charge on any atom is 0.262 e. The Kier molecular flexibility index (Phi) is 5.18. The van der Waals surface area contributed by atoms with Gasteiger partial charge in [-0.2, -0.15) is 5.10 Å². The molecule has 27 heavy (non-hydrogen) atoms. The Hall–Kier alpha value is -2.32. The lowest BCUT2D eigenvalue weighted by molar-refractivity contribution is -0.129. The summed E-state index contributed by atoms with van der Waals surface area (Å²) >= 11 is 7.18. The van der Waals surface area contributed by atoms with Crippen molar-refractivity contribution < 1.29 is 4.79 Å². The molecule has 140 valence electrons. The molecule has 3 heterocycles. The fraction of sp³-hybridized carbons (Fsp3) is 0.333. The molecule has 0 radical (unpaired) electrons. The molecule has 0 spiro atoms. The first-order valence-electron chi connectivity index (χ1n) is 8.76. The number of aromatic amines is 1. The molecule has 0 bridgehead atoms. The zero-order valence-electron chi connectivity index (χ0n) is 14.5. The van der Waals surface area contributed by atoms with Crippen LogP contribution in [0, 0.1) is 0 Å². The summed E-state index contributed by atoms with van der Waals surface area (Å²) in [5, 5.41) is 5.70. The highest BCUT2D eigenvalue weighted by Gasteiger charge is 2.18. The molecule has 0 unspecified atom stereocenters. The van der Waals surface area contributed by atoms with E-state index in [9.17, 15) is 9.59 Å². The van der Waals surface area contributed by atoms with Crippen molar-refractivity contribution in [1.29, 1.82) is 0 Å². The summed E-state index contributed by atoms with van der Waals surface area (Å²) in [6.45, 7) is 1.62. The maximum absolute atomic E-state index is 12.4. The number of likely N-dealkylation sites (tertiary alicyclic amines) is 1. The molecule has 9 heteroatoms. The Labute approximate surface area is 164 Å². The number of nitrogens with zero attached hydrogens (tertiary/aromatic N) is 4. The van der Waals surface area contributed by atoms with Crippen molar-refractivity contribution >= 4 is 40.3 Å². The summed E-state index contributed by atoms with van der Waals surface area (Å²) in [5.74, 6) is 0.331. The highest BCUT2D eigenvalue weighted by atomic mass is 35.5. The third-order valence-electron chi connectivity index (χ3n) is 4.53. The molecule has 4 rings (SSSR count). The van der Waals surface area contributed by atoms with Crippen molar-refractivity contribution in [2.75, 3.05) is 18.8 Å². The monoisotopic (exact) mass is 403 g/mol. The van der Waals surface area contributed by atoms with Crippen molar-refractivity contribution in [1.82, 2.24) is 24.6 Å². The van der Waals surface area contributed by atoms with Crippen LogP contribution in [0.1, 0.15) is 19.3 Å². The van der Waals surface area contributed by atoms with Crippen LogP contribution in [0.2, 0.25) is 5.02 Å². The van der Waals surface area contributed by atoms with Crippen molar-refractivity contribution in [3.05, 3.63) is 45.8 Å². The fourth-order valence-corrected chi connectivity index (χ4v) is 3.99. The van der Waals surface area contributed by atoms with Crippen LogP contribution in [-0.4, -0.2) is 49.4 Å². The van der Waals surface area contributed by atoms with Gasteiger partial charge in [0.25, 0.3) is 5.56 Å². The first-order chi connectivity index (χ1) is 13.1. The third kappa shape index (κ3) is 3.86. The van der Waals surface area contributed by atoms with E-state index in [0.29, 0.717) is 21.2 Å². The third-order valence-corrected chi connectivity index (χ3v) is 5.64. The maximum atomic E-state index is 12.4. The van der Waals surface area contributed by atoms with E-state index in [1.54, 1.807) is 16.8 Å². The van der Waals surface area contributed by atoms with Gasteiger partial charge in [-0.15, -0.1) is 0 Å². The van der Waals surface area contributed by atoms with E-state index in [-0.39, 0.29) is 17.2 Å². The van der Waals surface area contributed by atoms with Gasteiger partial charge < -0.3 is 9.88 Å². The smallest absolute Gasteiger partial charge is 0.262 e. The van der Waals surface area contributed by atoms with Gasteiger partial charge in [-0.05, 0) is 43.5 Å². The van der Waals surface area contributed by atoms with Crippen molar-refractivity contribution in [2.45, 2.75) is 24.4 Å². The summed E-state index contributed by atoms with van der Waals surface area (Å²) in [4.78, 5) is 33.8. The zero-order valence-corrected chi connectivity index (χ0v) is 16.1. The Morgan fingerprint density at radius 1 is 1.19 bits per heavy atom. The second-order valence-corrected chi connectivity index (χ2v) is 7.77. The first kappa shape index (κ1) is 18.1. The Bertz CT molecular complexity index is 1020. The summed E-state index contributed by atoms with van der Waals surface area (Å²) in [7, 11) is 0. The van der Waals surface area contributed by atoms with Crippen LogP contribution in [0.3, 0.4) is 0 Å². The highest BCUT2D eigenvalue weighted by molar-refractivity contribution is 7.99. The van der Waals surface area contributed by atoms with E-state index in [2.05, 4.69) is 15.1 Å². The van der Waals surface area contributed by atoms with Crippen LogP contribution < -0.4 is 5.56 Å². The number of H-pyrrole nitrogens is 1. The van der Waals surface area contributed by atoms with E-state index >= 15 is 0 Å². The number of benzene rings is 1. The summed E-state index contributed by atoms with van der Waals surface area (Å²) in [6.07, 6.45) is 4.77. The van der Waals surface area contributed by atoms with Crippen molar-refractivity contribution in [2.24, 2.45) is 0 Å². The number of fused-ring (bicyclic) bond motifs is 1. The quantitative estimate of drug-likeness (QED) is 0.535. The predicted octanol–water partition coefficient (Wildman–Crippen LogP) is 2.87. The molecule has 3 aromatic rings. The van der Waals surface area contributed by atoms with Crippen LogP contribution in [0.15, 0.2) is 40.4 Å². The lowest BCUT2D eigenvalue weighted by Crippen LogP contribution is -2.36. The van der Waals surface area contributed by atoms with Crippen molar-refractivity contribution in [3.8, 4) is 5.69 Å². The molecule has 1 aliphatic heterocycles. The van der Waals surface area contributed by atoms with E-state index in [4.69, 9.17) is 11.6 Å². The van der Waals surface area contributed by atoms with E-state index in [0.717, 1.165) is 31.6 Å². The fourth-order valence-electron chi connectivity index (χ4n) is 3.10. The standard InChI is InChI=1S/C18H18ClN5O2S/c19-12-4-6-13(7-5-12)24-16-14(10-20-24)17(26)22-18(21-16)27-11-15(25)23-8-2-1-3-9-23/h4-7,10H,1-3,8-9,11H2,(H,21,22,26). The predicted molar refractivity (Wildman–Crippen MR) is 106 cm³/mol. The molecule has 0 aliphatic carbocycles. The topological polar surface area (TPSA) is 83.9 Å². The molecular formula is C18H18ClN5O2S. The summed E-state index contributed by atoms with van der Waals surface area (Å²) in [5.41, 5.74) is 0.940. The average Bonchev–Trinajstić information content (AvgIpc) is 3.12. The number of aromatic nitrogens is 4. The normalized spacial score (nSPS) is 14.6. The van der Waals surface area contributed by atoms with Gasteiger partial charge in [0.15, 0.2) is 10.8 Å². The molecule has 2 aromatic heterocycles. The number of carbonyl (C=O) groups is 1. The van der Waals surface area contributed by atoms with Gasteiger partial charge in [-0.3, -0.25) is 9.59 Å². The minimum Gasteiger partial charge on any atom is -0.342 e. The van der Waals surface area contributed by atoms with Crippen molar-refractivity contribution in [3.63, 3.8) is 0 Å². The number of thioether (sulfide) groups is 1. The van der Waals surface area contributed by atoms with E-state index in [1.807, 2.05) is 17.0 Å². The Balaban J connectivity index is 1.58. The molecule has 0 saturated carbocycles. The second-order valence-electron chi connectivity index (χ2n) is 6.37. The molecule has 1 fully saturated rings. The van der Waals surface area contributed by atoms with Gasteiger partial charge in [0.05, 0.1) is 17.6 Å². The van der Waals surface area contributed by atoms with Gasteiger partial charge in [-0.25, -0.2) is 9.67 Å². The van der Waals surface area contributed by atoms with Crippen LogP contribution >= 0.6 is 23.4 Å². The van der Waals surface area contributed by atoms with E-state index < -0.39 is 0 Å². The number of rotatable bonds is 4. The van der Waals surface area contributed by atoms with Crippen LogP contribution in [0.25, 0.3) is 16.7 Å². The largest absolute Gasteiger partial charge is 0.342 e.